The first-order valence-corrected chi connectivity index (χ1v) is 3.32. The molecule has 0 aliphatic heterocycles. The minimum atomic E-state index is -1.57. The van der Waals surface area contributed by atoms with Crippen LogP contribution in [0.4, 0.5) is 0 Å². The number of alkyl halides is 3. The van der Waals surface area contributed by atoms with Crippen molar-refractivity contribution < 1.29 is 0 Å². The summed E-state index contributed by atoms with van der Waals surface area (Å²) in [5.74, 6) is 0. The number of aromatic nitrogens is 4. The summed E-state index contributed by atoms with van der Waals surface area (Å²) in [6, 6.07) is 0. The van der Waals surface area contributed by atoms with E-state index >= 15 is 0 Å². The highest BCUT2D eigenvalue weighted by molar-refractivity contribution is 6.66. The first kappa shape index (κ1) is 7.91. The fourth-order valence-electron chi connectivity index (χ4n) is 0.327. The van der Waals surface area contributed by atoms with E-state index < -0.39 is 3.79 Å². The number of rotatable bonds is 0. The van der Waals surface area contributed by atoms with E-state index in [1.54, 1.807) is 0 Å². The number of hydrogen-bond acceptors (Lipinski definition) is 4. The summed E-state index contributed by atoms with van der Waals surface area (Å²) in [7, 11) is 0. The Morgan fingerprint density at radius 1 is 1.20 bits per heavy atom. The van der Waals surface area contributed by atoms with E-state index in [1.165, 1.54) is 6.20 Å². The molecule has 10 heavy (non-hydrogen) atoms. The molecule has 0 saturated heterocycles. The molecule has 0 aliphatic carbocycles. The largest absolute Gasteiger partial charge is 0.236 e. The fraction of sp³-hybridized carbons (Fsp3) is 0.333. The van der Waals surface area contributed by atoms with Crippen LogP contribution in [0.5, 0.6) is 0 Å². The van der Waals surface area contributed by atoms with E-state index in [0.717, 1.165) is 0 Å². The van der Waals surface area contributed by atoms with E-state index in [9.17, 15) is 0 Å². The van der Waals surface area contributed by atoms with Crippen LogP contribution in [-0.2, 0) is 3.79 Å². The van der Waals surface area contributed by atoms with Gasteiger partial charge < -0.3 is 0 Å². The molecule has 0 saturated carbocycles. The van der Waals surface area contributed by atoms with Gasteiger partial charge in [-0.15, -0.1) is 10.2 Å². The van der Waals surface area contributed by atoms with E-state index in [0.29, 0.717) is 0 Å². The Balaban J connectivity index is 2.97. The maximum atomic E-state index is 5.42. The fourth-order valence-corrected chi connectivity index (χ4v) is 0.587. The van der Waals surface area contributed by atoms with E-state index in [4.69, 9.17) is 34.8 Å². The third kappa shape index (κ3) is 1.90. The van der Waals surface area contributed by atoms with Crippen molar-refractivity contribution >= 4 is 34.8 Å². The summed E-state index contributed by atoms with van der Waals surface area (Å²) < 4.78 is -1.57. The lowest BCUT2D eigenvalue weighted by Gasteiger charge is -2.05. The first-order valence-electron chi connectivity index (χ1n) is 2.19. The molecule has 0 unspecified atom stereocenters. The highest BCUT2D eigenvalue weighted by atomic mass is 35.6. The van der Waals surface area contributed by atoms with Gasteiger partial charge in [0.25, 0.3) is 0 Å². The van der Waals surface area contributed by atoms with Crippen LogP contribution in [-0.4, -0.2) is 20.6 Å². The molecule has 0 aliphatic rings. The second-order valence-electron chi connectivity index (χ2n) is 1.41. The Bertz CT molecular complexity index is 207. The quantitative estimate of drug-likeness (QED) is 0.587. The number of nitrogens with zero attached hydrogens (tertiary/aromatic N) is 4. The smallest absolute Gasteiger partial charge is 0.135 e. The van der Waals surface area contributed by atoms with Gasteiger partial charge in [-0.1, -0.05) is 34.8 Å². The van der Waals surface area contributed by atoms with Gasteiger partial charge in [-0.05, 0) is 10.4 Å². The Hall–Kier alpha value is -0.190. The van der Waals surface area contributed by atoms with Crippen LogP contribution in [0.2, 0.25) is 0 Å². The van der Waals surface area contributed by atoms with E-state index in [1.807, 2.05) is 0 Å². The van der Waals surface area contributed by atoms with Crippen molar-refractivity contribution in [2.24, 2.45) is 0 Å². The molecular weight excluding hydrogens is 198 g/mol. The minimum absolute atomic E-state index is 0.160. The molecule has 7 heteroatoms. The van der Waals surface area contributed by atoms with Crippen molar-refractivity contribution in [1.29, 1.82) is 0 Å². The van der Waals surface area contributed by atoms with Crippen LogP contribution < -0.4 is 0 Å². The van der Waals surface area contributed by atoms with Gasteiger partial charge in [0.05, 0.1) is 6.20 Å². The van der Waals surface area contributed by atoms with Gasteiger partial charge in [0.1, 0.15) is 5.69 Å². The molecular formula is C3HCl3N4. The Morgan fingerprint density at radius 2 is 1.90 bits per heavy atom. The Labute approximate surface area is 71.5 Å². The zero-order valence-corrected chi connectivity index (χ0v) is 6.77. The second kappa shape index (κ2) is 2.82. The van der Waals surface area contributed by atoms with Crippen molar-refractivity contribution in [3.63, 3.8) is 0 Å². The SMILES string of the molecule is ClC(Cl)(Cl)c1cnnnn1. The predicted molar refractivity (Wildman–Crippen MR) is 36.9 cm³/mol. The normalized spacial score (nSPS) is 11.5. The van der Waals surface area contributed by atoms with Crippen LogP contribution in [0.1, 0.15) is 5.69 Å². The molecule has 0 radical (unpaired) electrons. The average Bonchev–Trinajstić information content (AvgIpc) is 1.88. The van der Waals surface area contributed by atoms with Crippen LogP contribution in [0.3, 0.4) is 0 Å². The van der Waals surface area contributed by atoms with Crippen molar-refractivity contribution in [3.05, 3.63) is 11.9 Å². The molecule has 0 atom stereocenters. The van der Waals surface area contributed by atoms with Gasteiger partial charge in [-0.3, -0.25) is 0 Å². The summed E-state index contributed by atoms with van der Waals surface area (Å²) in [5.41, 5.74) is 0.160. The van der Waals surface area contributed by atoms with Crippen molar-refractivity contribution in [2.45, 2.75) is 3.79 Å². The monoisotopic (exact) mass is 198 g/mol. The van der Waals surface area contributed by atoms with Gasteiger partial charge in [-0.2, -0.15) is 0 Å². The molecule has 0 N–H and O–H groups in total. The summed E-state index contributed by atoms with van der Waals surface area (Å²) in [4.78, 5) is 0. The molecule has 4 nitrogen and oxygen atoms in total. The lowest BCUT2D eigenvalue weighted by atomic mass is 10.5. The molecule has 54 valence electrons. The topological polar surface area (TPSA) is 51.6 Å². The molecule has 0 aromatic carbocycles. The molecule has 1 aromatic rings. The summed E-state index contributed by atoms with van der Waals surface area (Å²) in [6.45, 7) is 0. The molecule has 1 rings (SSSR count). The Morgan fingerprint density at radius 3 is 2.20 bits per heavy atom. The third-order valence-corrected chi connectivity index (χ3v) is 1.30. The molecule has 1 aromatic heterocycles. The lowest BCUT2D eigenvalue weighted by Crippen LogP contribution is -2.06. The highest BCUT2D eigenvalue weighted by Gasteiger charge is 2.25. The molecule has 1 heterocycles. The zero-order valence-electron chi connectivity index (χ0n) is 4.50. The standard InChI is InChI=1S/C3HCl3N4/c4-3(5,6)2-1-7-9-10-8-2/h1H. The van der Waals surface area contributed by atoms with Crippen molar-refractivity contribution in [3.8, 4) is 0 Å². The predicted octanol–water partition coefficient (Wildman–Crippen LogP) is 1.09. The van der Waals surface area contributed by atoms with Gasteiger partial charge in [0.2, 0.25) is 3.79 Å². The van der Waals surface area contributed by atoms with Gasteiger partial charge in [0.15, 0.2) is 0 Å². The summed E-state index contributed by atoms with van der Waals surface area (Å²) >= 11 is 16.3. The van der Waals surface area contributed by atoms with Gasteiger partial charge >= 0.3 is 0 Å². The number of hydrogen-bond donors (Lipinski definition) is 0. The minimum Gasteiger partial charge on any atom is -0.135 e. The van der Waals surface area contributed by atoms with Crippen LogP contribution in [0, 0.1) is 0 Å². The summed E-state index contributed by atoms with van der Waals surface area (Å²) in [6.07, 6.45) is 1.24. The van der Waals surface area contributed by atoms with Gasteiger partial charge in [-0.25, -0.2) is 0 Å². The summed E-state index contributed by atoms with van der Waals surface area (Å²) in [5, 5.41) is 13.2. The zero-order chi connectivity index (χ0) is 7.61. The lowest BCUT2D eigenvalue weighted by molar-refractivity contribution is 0.729. The van der Waals surface area contributed by atoms with E-state index in [-0.39, 0.29) is 5.69 Å². The average molecular weight is 199 g/mol. The van der Waals surface area contributed by atoms with E-state index in [2.05, 4.69) is 20.6 Å². The van der Waals surface area contributed by atoms with Crippen LogP contribution in [0.15, 0.2) is 6.20 Å². The third-order valence-electron chi connectivity index (χ3n) is 0.715. The molecule has 0 fully saturated rings. The van der Waals surface area contributed by atoms with Crippen LogP contribution >= 0.6 is 34.8 Å². The maximum absolute atomic E-state index is 5.42. The number of halogens is 3. The molecule has 0 amide bonds. The van der Waals surface area contributed by atoms with Crippen molar-refractivity contribution in [2.75, 3.05) is 0 Å². The molecule has 0 spiro atoms. The van der Waals surface area contributed by atoms with Crippen LogP contribution in [0.25, 0.3) is 0 Å². The Kier molecular flexibility index (Phi) is 2.23. The first-order chi connectivity index (χ1) is 4.61. The highest BCUT2D eigenvalue weighted by Crippen LogP contribution is 2.35. The van der Waals surface area contributed by atoms with Gasteiger partial charge in [0, 0.05) is 0 Å². The second-order valence-corrected chi connectivity index (χ2v) is 3.69. The molecule has 0 bridgehead atoms. The maximum Gasteiger partial charge on any atom is 0.236 e. The van der Waals surface area contributed by atoms with Crippen molar-refractivity contribution in [1.82, 2.24) is 20.6 Å².